The van der Waals surface area contributed by atoms with Gasteiger partial charge in [-0.25, -0.2) is 0 Å². The molecule has 0 aliphatic heterocycles. The van der Waals surface area contributed by atoms with Crippen molar-refractivity contribution in [3.8, 4) is 0 Å². The molecule has 2 aromatic carbocycles. The first-order valence-corrected chi connectivity index (χ1v) is 9.84. The molecule has 0 aliphatic carbocycles. The van der Waals surface area contributed by atoms with Crippen molar-refractivity contribution in [1.82, 2.24) is 15.1 Å². The molecule has 0 saturated carbocycles. The summed E-state index contributed by atoms with van der Waals surface area (Å²) in [6, 6.07) is 18.5. The first kappa shape index (κ1) is 20.1. The lowest BCUT2D eigenvalue weighted by molar-refractivity contribution is -0.145. The van der Waals surface area contributed by atoms with Gasteiger partial charge in [-0.15, -0.1) is 0 Å². The summed E-state index contributed by atoms with van der Waals surface area (Å²) in [6.07, 6.45) is 0.885. The van der Waals surface area contributed by atoms with Crippen molar-refractivity contribution >= 4 is 16.8 Å². The van der Waals surface area contributed by atoms with Gasteiger partial charge in [-0.1, -0.05) is 55.5 Å². The van der Waals surface area contributed by atoms with Crippen molar-refractivity contribution in [3.05, 3.63) is 65.9 Å². The average Bonchev–Trinajstić information content (AvgIpc) is 3.05. The van der Waals surface area contributed by atoms with Crippen LogP contribution in [-0.4, -0.2) is 27.3 Å². The topological polar surface area (TPSA) is 56.1 Å². The Morgan fingerprint density at radius 3 is 2.54 bits per heavy atom. The quantitative estimate of drug-likeness (QED) is 0.635. The Morgan fingerprint density at radius 1 is 1.14 bits per heavy atom. The molecule has 0 fully saturated rings. The largest absolute Gasteiger partial charge is 0.359 e. The van der Waals surface area contributed by atoms with Crippen molar-refractivity contribution in [2.75, 3.05) is 0 Å². The highest BCUT2D eigenvalue weighted by Gasteiger charge is 2.30. The summed E-state index contributed by atoms with van der Waals surface area (Å²) in [5, 5.41) is 8.83. The SMILES string of the molecule is CCC(C)NC(=O)C(C)(C)OCc1nn(Cc2ccccc2)c2ccccc12. The molecule has 0 radical (unpaired) electrons. The second kappa shape index (κ2) is 8.57. The van der Waals surface area contributed by atoms with Gasteiger partial charge in [-0.05, 0) is 38.8 Å². The molecule has 28 heavy (non-hydrogen) atoms. The Morgan fingerprint density at radius 2 is 1.82 bits per heavy atom. The molecule has 1 aromatic heterocycles. The van der Waals surface area contributed by atoms with E-state index in [0.29, 0.717) is 6.54 Å². The number of rotatable bonds is 8. The molecule has 3 rings (SSSR count). The number of benzene rings is 2. The van der Waals surface area contributed by atoms with Crippen LogP contribution in [0.1, 0.15) is 45.4 Å². The number of para-hydroxylation sites is 1. The van der Waals surface area contributed by atoms with Gasteiger partial charge in [0.05, 0.1) is 24.4 Å². The third-order valence-corrected chi connectivity index (χ3v) is 5.02. The maximum absolute atomic E-state index is 12.5. The van der Waals surface area contributed by atoms with Crippen LogP contribution in [0.5, 0.6) is 0 Å². The fraction of sp³-hybridized carbons (Fsp3) is 0.391. The van der Waals surface area contributed by atoms with Crippen LogP contribution in [-0.2, 0) is 22.7 Å². The predicted molar refractivity (Wildman–Crippen MR) is 112 cm³/mol. The minimum atomic E-state index is -0.923. The molecular formula is C23H29N3O2. The van der Waals surface area contributed by atoms with Crippen LogP contribution >= 0.6 is 0 Å². The molecule has 148 valence electrons. The number of carbonyl (C=O) groups is 1. The second-order valence-electron chi connectivity index (χ2n) is 7.69. The molecule has 0 bridgehead atoms. The van der Waals surface area contributed by atoms with Gasteiger partial charge in [0.15, 0.2) is 0 Å². The molecule has 0 spiro atoms. The molecule has 5 heteroatoms. The van der Waals surface area contributed by atoms with E-state index in [4.69, 9.17) is 9.84 Å². The molecule has 1 heterocycles. The van der Waals surface area contributed by atoms with Crippen molar-refractivity contribution in [3.63, 3.8) is 0 Å². The van der Waals surface area contributed by atoms with E-state index in [-0.39, 0.29) is 18.6 Å². The summed E-state index contributed by atoms with van der Waals surface area (Å²) < 4.78 is 8.00. The lowest BCUT2D eigenvalue weighted by Gasteiger charge is -2.25. The summed E-state index contributed by atoms with van der Waals surface area (Å²) >= 11 is 0. The van der Waals surface area contributed by atoms with E-state index in [1.54, 1.807) is 13.8 Å². The van der Waals surface area contributed by atoms with Crippen molar-refractivity contribution < 1.29 is 9.53 Å². The highest BCUT2D eigenvalue weighted by Crippen LogP contribution is 2.22. The predicted octanol–water partition coefficient (Wildman–Crippen LogP) is 4.29. The number of carbonyl (C=O) groups excluding carboxylic acids is 1. The number of hydrogen-bond acceptors (Lipinski definition) is 3. The average molecular weight is 380 g/mol. The van der Waals surface area contributed by atoms with Gasteiger partial charge in [-0.3, -0.25) is 9.48 Å². The summed E-state index contributed by atoms with van der Waals surface area (Å²) in [5.74, 6) is -0.102. The lowest BCUT2D eigenvalue weighted by Crippen LogP contribution is -2.47. The molecule has 1 amide bonds. The fourth-order valence-corrected chi connectivity index (χ4v) is 2.99. The summed E-state index contributed by atoms with van der Waals surface area (Å²) in [4.78, 5) is 12.5. The Bertz CT molecular complexity index is 931. The van der Waals surface area contributed by atoms with Gasteiger partial charge in [0, 0.05) is 11.4 Å². The maximum atomic E-state index is 12.5. The molecule has 0 aliphatic rings. The number of aromatic nitrogens is 2. The number of fused-ring (bicyclic) bond motifs is 1. The highest BCUT2D eigenvalue weighted by atomic mass is 16.5. The zero-order valence-electron chi connectivity index (χ0n) is 17.1. The zero-order chi connectivity index (χ0) is 20.1. The van der Waals surface area contributed by atoms with Gasteiger partial charge in [-0.2, -0.15) is 5.10 Å². The third kappa shape index (κ3) is 4.60. The normalized spacial score (nSPS) is 12.9. The van der Waals surface area contributed by atoms with E-state index in [1.807, 2.05) is 48.9 Å². The molecule has 1 unspecified atom stereocenters. The molecule has 1 atom stereocenters. The summed E-state index contributed by atoms with van der Waals surface area (Å²) in [5.41, 5.74) is 2.17. The van der Waals surface area contributed by atoms with Gasteiger partial charge >= 0.3 is 0 Å². The molecule has 5 nitrogen and oxygen atoms in total. The van der Waals surface area contributed by atoms with Crippen LogP contribution in [0.3, 0.4) is 0 Å². The van der Waals surface area contributed by atoms with Gasteiger partial charge in [0.1, 0.15) is 5.60 Å². The van der Waals surface area contributed by atoms with E-state index in [2.05, 4.69) is 29.6 Å². The van der Waals surface area contributed by atoms with E-state index in [9.17, 15) is 4.79 Å². The van der Waals surface area contributed by atoms with E-state index in [0.717, 1.165) is 23.0 Å². The minimum Gasteiger partial charge on any atom is -0.359 e. The Balaban J connectivity index is 1.79. The lowest BCUT2D eigenvalue weighted by atomic mass is 10.1. The van der Waals surface area contributed by atoms with Gasteiger partial charge < -0.3 is 10.1 Å². The Hall–Kier alpha value is -2.66. The van der Waals surface area contributed by atoms with E-state index in [1.165, 1.54) is 5.56 Å². The number of ether oxygens (including phenoxy) is 1. The fourth-order valence-electron chi connectivity index (χ4n) is 2.99. The maximum Gasteiger partial charge on any atom is 0.251 e. The van der Waals surface area contributed by atoms with Crippen molar-refractivity contribution in [1.29, 1.82) is 0 Å². The number of nitrogens with zero attached hydrogens (tertiary/aromatic N) is 2. The van der Waals surface area contributed by atoms with Crippen molar-refractivity contribution in [2.24, 2.45) is 0 Å². The van der Waals surface area contributed by atoms with E-state index < -0.39 is 5.60 Å². The molecule has 1 N–H and O–H groups in total. The number of amides is 1. The molecule has 0 saturated heterocycles. The standard InChI is InChI=1S/C23H29N3O2/c1-5-17(2)24-22(27)23(3,4)28-16-20-19-13-9-10-14-21(19)26(25-20)15-18-11-7-6-8-12-18/h6-14,17H,5,15-16H2,1-4H3,(H,24,27). The monoisotopic (exact) mass is 379 g/mol. The number of nitrogens with one attached hydrogen (secondary N) is 1. The van der Waals surface area contributed by atoms with Gasteiger partial charge in [0.2, 0.25) is 0 Å². The van der Waals surface area contributed by atoms with Crippen LogP contribution in [0.4, 0.5) is 0 Å². The Kier molecular flexibility index (Phi) is 6.15. The molecule has 3 aromatic rings. The molecular weight excluding hydrogens is 350 g/mol. The van der Waals surface area contributed by atoms with Crippen LogP contribution in [0, 0.1) is 0 Å². The first-order chi connectivity index (χ1) is 13.4. The summed E-state index contributed by atoms with van der Waals surface area (Å²) in [7, 11) is 0. The van der Waals surface area contributed by atoms with Crippen molar-refractivity contribution in [2.45, 2.75) is 58.9 Å². The van der Waals surface area contributed by atoms with Crippen LogP contribution < -0.4 is 5.32 Å². The highest BCUT2D eigenvalue weighted by molar-refractivity contribution is 5.85. The second-order valence-corrected chi connectivity index (χ2v) is 7.69. The zero-order valence-corrected chi connectivity index (χ0v) is 17.1. The van der Waals surface area contributed by atoms with Gasteiger partial charge in [0.25, 0.3) is 5.91 Å². The Labute approximate surface area is 166 Å². The van der Waals surface area contributed by atoms with Crippen LogP contribution in [0.2, 0.25) is 0 Å². The third-order valence-electron chi connectivity index (χ3n) is 5.02. The van der Waals surface area contributed by atoms with Crippen LogP contribution in [0.25, 0.3) is 10.9 Å². The first-order valence-electron chi connectivity index (χ1n) is 9.84. The smallest absolute Gasteiger partial charge is 0.251 e. The number of hydrogen-bond donors (Lipinski definition) is 1. The minimum absolute atomic E-state index is 0.102. The van der Waals surface area contributed by atoms with E-state index >= 15 is 0 Å². The summed E-state index contributed by atoms with van der Waals surface area (Å²) in [6.45, 7) is 8.61. The van der Waals surface area contributed by atoms with Crippen LogP contribution in [0.15, 0.2) is 54.6 Å².